The third-order valence-electron chi connectivity index (χ3n) is 4.10. The molecule has 21 heavy (non-hydrogen) atoms. The van der Waals surface area contributed by atoms with Gasteiger partial charge in [-0.05, 0) is 19.8 Å². The van der Waals surface area contributed by atoms with Crippen LogP contribution in [-0.4, -0.2) is 55.1 Å². The van der Waals surface area contributed by atoms with Crippen LogP contribution in [0.5, 0.6) is 0 Å². The summed E-state index contributed by atoms with van der Waals surface area (Å²) in [5.74, 6) is 1.57. The molecule has 2 saturated heterocycles. The van der Waals surface area contributed by atoms with Gasteiger partial charge in [0.2, 0.25) is 11.8 Å². The second-order valence-corrected chi connectivity index (χ2v) is 7.09. The Morgan fingerprint density at radius 3 is 3.29 bits per heavy atom. The average molecular weight is 309 g/mol. The first-order valence-corrected chi connectivity index (χ1v) is 8.17. The SMILES string of the molecule is CC12CCC(=O)N1C(C(=O)NCCCc1ncn[nH]1)CS2. The highest BCUT2D eigenvalue weighted by atomic mass is 32.2. The summed E-state index contributed by atoms with van der Waals surface area (Å²) >= 11 is 1.71. The van der Waals surface area contributed by atoms with Gasteiger partial charge in [-0.15, -0.1) is 11.8 Å². The number of fused-ring (bicyclic) bond motifs is 1. The van der Waals surface area contributed by atoms with Crippen molar-refractivity contribution in [2.75, 3.05) is 12.3 Å². The summed E-state index contributed by atoms with van der Waals surface area (Å²) in [6, 6.07) is -0.319. The van der Waals surface area contributed by atoms with E-state index >= 15 is 0 Å². The predicted molar refractivity (Wildman–Crippen MR) is 78.4 cm³/mol. The number of aromatic amines is 1. The molecular weight excluding hydrogens is 290 g/mol. The molecule has 0 radical (unpaired) electrons. The minimum absolute atomic E-state index is 0.0426. The minimum Gasteiger partial charge on any atom is -0.354 e. The van der Waals surface area contributed by atoms with Crippen LogP contribution >= 0.6 is 11.8 Å². The van der Waals surface area contributed by atoms with Crippen LogP contribution in [0.15, 0.2) is 6.33 Å². The van der Waals surface area contributed by atoms with Gasteiger partial charge in [-0.1, -0.05) is 0 Å². The van der Waals surface area contributed by atoms with Crippen LogP contribution in [0.2, 0.25) is 0 Å². The first kappa shape index (κ1) is 14.4. The fourth-order valence-electron chi connectivity index (χ4n) is 2.95. The average Bonchev–Trinajstić information content (AvgIpc) is 3.14. The van der Waals surface area contributed by atoms with E-state index in [1.165, 1.54) is 6.33 Å². The van der Waals surface area contributed by atoms with Crippen molar-refractivity contribution in [3.63, 3.8) is 0 Å². The molecule has 2 aliphatic rings. The highest BCUT2D eigenvalue weighted by molar-refractivity contribution is 8.01. The van der Waals surface area contributed by atoms with Crippen molar-refractivity contribution in [1.29, 1.82) is 0 Å². The molecule has 0 bridgehead atoms. The standard InChI is InChI=1S/C13H19N5O2S/c1-13-5-4-11(19)18(13)9(7-21-13)12(20)14-6-2-3-10-15-8-16-17-10/h8-9H,2-7H2,1H3,(H,14,20)(H,15,16,17). The monoisotopic (exact) mass is 309 g/mol. The number of hydrogen-bond acceptors (Lipinski definition) is 5. The summed E-state index contributed by atoms with van der Waals surface area (Å²) in [6.45, 7) is 2.64. The van der Waals surface area contributed by atoms with Crippen LogP contribution in [0.1, 0.15) is 32.0 Å². The highest BCUT2D eigenvalue weighted by Crippen LogP contribution is 2.47. The largest absolute Gasteiger partial charge is 0.354 e. The summed E-state index contributed by atoms with van der Waals surface area (Å²) in [6.07, 6.45) is 4.42. The molecule has 2 N–H and O–H groups in total. The Morgan fingerprint density at radius 1 is 1.67 bits per heavy atom. The molecule has 3 heterocycles. The van der Waals surface area contributed by atoms with E-state index in [9.17, 15) is 9.59 Å². The molecule has 114 valence electrons. The van der Waals surface area contributed by atoms with Crippen molar-refractivity contribution >= 4 is 23.6 Å². The second kappa shape index (κ2) is 5.67. The van der Waals surface area contributed by atoms with Gasteiger partial charge in [0.25, 0.3) is 0 Å². The quantitative estimate of drug-likeness (QED) is 0.764. The number of amides is 2. The molecular formula is C13H19N5O2S. The number of nitrogens with zero attached hydrogens (tertiary/aromatic N) is 3. The van der Waals surface area contributed by atoms with Gasteiger partial charge in [0.05, 0.1) is 4.87 Å². The molecule has 2 fully saturated rings. The number of aryl methyl sites for hydroxylation is 1. The maximum Gasteiger partial charge on any atom is 0.243 e. The lowest BCUT2D eigenvalue weighted by Crippen LogP contribution is -2.50. The van der Waals surface area contributed by atoms with E-state index < -0.39 is 0 Å². The summed E-state index contributed by atoms with van der Waals surface area (Å²) in [7, 11) is 0. The summed E-state index contributed by atoms with van der Waals surface area (Å²) < 4.78 is 0. The number of carbonyl (C=O) groups excluding carboxylic acids is 2. The van der Waals surface area contributed by atoms with E-state index in [0.717, 1.165) is 25.1 Å². The highest BCUT2D eigenvalue weighted by Gasteiger charge is 2.52. The van der Waals surface area contributed by atoms with Crippen LogP contribution in [0.3, 0.4) is 0 Å². The molecule has 1 aromatic rings. The van der Waals surface area contributed by atoms with Gasteiger partial charge in [-0.25, -0.2) is 4.98 Å². The maximum atomic E-state index is 12.3. The van der Waals surface area contributed by atoms with Gasteiger partial charge in [-0.2, -0.15) is 5.10 Å². The molecule has 2 atom stereocenters. The Balaban J connectivity index is 1.48. The third-order valence-corrected chi connectivity index (χ3v) is 5.61. The molecule has 2 amide bonds. The molecule has 0 aliphatic carbocycles. The smallest absolute Gasteiger partial charge is 0.243 e. The number of thioether (sulfide) groups is 1. The van der Waals surface area contributed by atoms with Crippen molar-refractivity contribution in [2.24, 2.45) is 0 Å². The number of rotatable bonds is 5. The maximum absolute atomic E-state index is 12.3. The number of hydrogen-bond donors (Lipinski definition) is 2. The Kier molecular flexibility index (Phi) is 3.88. The zero-order valence-electron chi connectivity index (χ0n) is 12.0. The van der Waals surface area contributed by atoms with Gasteiger partial charge in [0.1, 0.15) is 18.2 Å². The zero-order chi connectivity index (χ0) is 14.9. The second-order valence-electron chi connectivity index (χ2n) is 5.59. The lowest BCUT2D eigenvalue weighted by molar-refractivity contribution is -0.137. The molecule has 8 heteroatoms. The van der Waals surface area contributed by atoms with Crippen molar-refractivity contribution in [2.45, 2.75) is 43.5 Å². The van der Waals surface area contributed by atoms with E-state index in [0.29, 0.717) is 18.7 Å². The number of H-pyrrole nitrogens is 1. The topological polar surface area (TPSA) is 91.0 Å². The van der Waals surface area contributed by atoms with Gasteiger partial charge < -0.3 is 10.2 Å². The van der Waals surface area contributed by atoms with Crippen molar-refractivity contribution in [3.05, 3.63) is 12.2 Å². The molecule has 2 unspecified atom stereocenters. The van der Waals surface area contributed by atoms with Gasteiger partial charge in [0, 0.05) is 25.1 Å². The Bertz CT molecular complexity index is 535. The number of aromatic nitrogens is 3. The van der Waals surface area contributed by atoms with Crippen molar-refractivity contribution in [3.8, 4) is 0 Å². The summed E-state index contributed by atoms with van der Waals surface area (Å²) in [4.78, 5) is 29.9. The normalized spacial score (nSPS) is 28.0. The van der Waals surface area contributed by atoms with Gasteiger partial charge in [0.15, 0.2) is 0 Å². The summed E-state index contributed by atoms with van der Waals surface area (Å²) in [5, 5.41) is 9.50. The Morgan fingerprint density at radius 2 is 2.52 bits per heavy atom. The predicted octanol–water partition coefficient (Wildman–Crippen LogP) is 0.308. The van der Waals surface area contributed by atoms with Crippen molar-refractivity contribution in [1.82, 2.24) is 25.4 Å². The first-order valence-electron chi connectivity index (χ1n) is 7.18. The molecule has 1 aromatic heterocycles. The fraction of sp³-hybridized carbons (Fsp3) is 0.692. The van der Waals surface area contributed by atoms with Crippen LogP contribution in [-0.2, 0) is 16.0 Å². The molecule has 0 spiro atoms. The zero-order valence-corrected chi connectivity index (χ0v) is 12.8. The molecule has 2 aliphatic heterocycles. The summed E-state index contributed by atoms with van der Waals surface area (Å²) in [5.41, 5.74) is 0. The Labute approximate surface area is 127 Å². The lowest BCUT2D eigenvalue weighted by atomic mass is 10.2. The molecule has 0 saturated carbocycles. The van der Waals surface area contributed by atoms with Crippen LogP contribution in [0, 0.1) is 0 Å². The van der Waals surface area contributed by atoms with Crippen LogP contribution in [0.25, 0.3) is 0 Å². The number of carbonyl (C=O) groups is 2. The first-order chi connectivity index (χ1) is 10.1. The molecule has 3 rings (SSSR count). The third kappa shape index (κ3) is 2.76. The van der Waals surface area contributed by atoms with Crippen LogP contribution in [0.4, 0.5) is 0 Å². The van der Waals surface area contributed by atoms with Gasteiger partial charge >= 0.3 is 0 Å². The van der Waals surface area contributed by atoms with Crippen LogP contribution < -0.4 is 5.32 Å². The van der Waals surface area contributed by atoms with E-state index in [2.05, 4.69) is 27.4 Å². The van der Waals surface area contributed by atoms with E-state index in [1.807, 2.05) is 0 Å². The number of nitrogens with one attached hydrogen (secondary N) is 2. The van der Waals surface area contributed by atoms with Gasteiger partial charge in [-0.3, -0.25) is 14.7 Å². The van der Waals surface area contributed by atoms with E-state index in [1.54, 1.807) is 16.7 Å². The van der Waals surface area contributed by atoms with E-state index in [4.69, 9.17) is 0 Å². The Hall–Kier alpha value is -1.57. The lowest BCUT2D eigenvalue weighted by Gasteiger charge is -2.29. The van der Waals surface area contributed by atoms with E-state index in [-0.39, 0.29) is 22.7 Å². The minimum atomic E-state index is -0.319. The molecule has 0 aromatic carbocycles. The fourth-order valence-corrected chi connectivity index (χ4v) is 4.38. The molecule has 7 nitrogen and oxygen atoms in total. The van der Waals surface area contributed by atoms with Crippen molar-refractivity contribution < 1.29 is 9.59 Å².